The summed E-state index contributed by atoms with van der Waals surface area (Å²) in [6, 6.07) is 3.67. The van der Waals surface area contributed by atoms with Crippen LogP contribution in [0.5, 0.6) is 5.75 Å². The van der Waals surface area contributed by atoms with Crippen molar-refractivity contribution < 1.29 is 14.6 Å². The van der Waals surface area contributed by atoms with Crippen molar-refractivity contribution in [1.82, 2.24) is 9.03 Å². The average molecular weight is 433 g/mol. The van der Waals surface area contributed by atoms with Crippen LogP contribution in [0.15, 0.2) is 42.4 Å². The van der Waals surface area contributed by atoms with Gasteiger partial charge in [0.1, 0.15) is 5.75 Å². The van der Waals surface area contributed by atoms with Crippen LogP contribution in [0.1, 0.15) is 50.2 Å². The predicted octanol–water partition coefficient (Wildman–Crippen LogP) is 5.56. The number of allylic oxidation sites excluding steroid dienone is 3. The van der Waals surface area contributed by atoms with E-state index < -0.39 is 11.9 Å². The fourth-order valence-electron chi connectivity index (χ4n) is 3.53. The van der Waals surface area contributed by atoms with Gasteiger partial charge in [0.05, 0.1) is 35.4 Å². The number of nitrogens with one attached hydrogen (secondary N) is 1. The van der Waals surface area contributed by atoms with Crippen molar-refractivity contribution in [3.8, 4) is 5.75 Å². The van der Waals surface area contributed by atoms with Gasteiger partial charge in [-0.3, -0.25) is 9.10 Å². The summed E-state index contributed by atoms with van der Waals surface area (Å²) in [5.41, 5.74) is 3.50. The smallest absolute Gasteiger partial charge is 0.310 e. The maximum absolute atomic E-state index is 11.9. The van der Waals surface area contributed by atoms with Gasteiger partial charge in [-0.15, -0.1) is 0 Å². The quantitative estimate of drug-likeness (QED) is 0.524. The van der Waals surface area contributed by atoms with Crippen LogP contribution in [0.2, 0.25) is 5.02 Å². The van der Waals surface area contributed by atoms with Crippen LogP contribution in [0.3, 0.4) is 0 Å². The fourth-order valence-corrected chi connectivity index (χ4v) is 4.48. The highest BCUT2D eigenvalue weighted by molar-refractivity contribution is 7.95. The Morgan fingerprint density at radius 3 is 2.90 bits per heavy atom. The van der Waals surface area contributed by atoms with E-state index in [1.165, 1.54) is 25.0 Å². The predicted molar refractivity (Wildman–Crippen MR) is 117 cm³/mol. The molecule has 5 nitrogen and oxygen atoms in total. The lowest BCUT2D eigenvalue weighted by Crippen LogP contribution is -2.15. The summed E-state index contributed by atoms with van der Waals surface area (Å²) >= 11 is 8.22. The molecule has 0 radical (unpaired) electrons. The van der Waals surface area contributed by atoms with Gasteiger partial charge in [-0.2, -0.15) is 0 Å². The summed E-state index contributed by atoms with van der Waals surface area (Å²) < 4.78 is 11.3. The van der Waals surface area contributed by atoms with Gasteiger partial charge in [0.15, 0.2) is 0 Å². The third-order valence-electron chi connectivity index (χ3n) is 5.25. The summed E-state index contributed by atoms with van der Waals surface area (Å²) in [7, 11) is 0. The summed E-state index contributed by atoms with van der Waals surface area (Å²) in [6.45, 7) is 4.69. The van der Waals surface area contributed by atoms with Crippen molar-refractivity contribution in [3.05, 3.63) is 58.5 Å². The Kier molecular flexibility index (Phi) is 5.83. The van der Waals surface area contributed by atoms with Gasteiger partial charge in [-0.05, 0) is 66.5 Å². The largest absolute Gasteiger partial charge is 0.493 e. The van der Waals surface area contributed by atoms with Crippen LogP contribution >= 0.6 is 23.7 Å². The molecule has 154 valence electrons. The van der Waals surface area contributed by atoms with Crippen molar-refractivity contribution in [1.29, 1.82) is 0 Å². The number of carbonyl (C=O) groups is 1. The van der Waals surface area contributed by atoms with Crippen LogP contribution in [-0.4, -0.2) is 22.0 Å². The van der Waals surface area contributed by atoms with E-state index in [9.17, 15) is 9.90 Å². The first-order chi connectivity index (χ1) is 13.9. The number of rotatable bonds is 8. The minimum Gasteiger partial charge on any atom is -0.493 e. The number of hydrogen-bond donors (Lipinski definition) is 2. The number of carboxylic acids is 1. The molecule has 1 aromatic carbocycles. The van der Waals surface area contributed by atoms with E-state index in [0.29, 0.717) is 35.3 Å². The molecule has 1 unspecified atom stereocenters. The second-order valence-electron chi connectivity index (χ2n) is 8.17. The number of ether oxygens (including phenoxy) is 1. The van der Waals surface area contributed by atoms with Crippen LogP contribution in [-0.2, 0) is 4.79 Å². The molecule has 3 aliphatic rings. The van der Waals surface area contributed by atoms with Gasteiger partial charge in [0.25, 0.3) is 0 Å². The third-order valence-corrected chi connectivity index (χ3v) is 6.30. The van der Waals surface area contributed by atoms with Crippen molar-refractivity contribution in [3.63, 3.8) is 0 Å². The Morgan fingerprint density at radius 2 is 2.21 bits per heavy atom. The molecule has 0 spiro atoms. The van der Waals surface area contributed by atoms with E-state index in [4.69, 9.17) is 16.3 Å². The molecule has 1 aliphatic carbocycles. The van der Waals surface area contributed by atoms with E-state index in [0.717, 1.165) is 16.8 Å². The molecule has 1 saturated carbocycles. The Balaban J connectivity index is 1.73. The highest BCUT2D eigenvalue weighted by Gasteiger charge is 2.28. The standard InChI is InChI=1S/C22H25ClN2O3S/c1-13(2)7-18(22(26)27)16-9-19(23)21(20(10-16)28-12-14-3-4-14)15-5-6-25-17(8-15)11-24-29-25/h5-6,8-11,13-14,18,24H,3-4,7,12H2,1-2H3,(H,26,27). The topological polar surface area (TPSA) is 61.8 Å². The number of fused-ring (bicyclic) bond motifs is 1. The molecule has 2 heterocycles. The number of benzene rings is 1. The second kappa shape index (κ2) is 8.36. The second-order valence-corrected chi connectivity index (χ2v) is 9.39. The molecule has 2 aliphatic heterocycles. The van der Waals surface area contributed by atoms with Crippen LogP contribution in [0.4, 0.5) is 0 Å². The van der Waals surface area contributed by atoms with Crippen LogP contribution in [0.25, 0.3) is 5.57 Å². The maximum atomic E-state index is 11.9. The van der Waals surface area contributed by atoms with Crippen molar-refractivity contribution in [2.24, 2.45) is 11.8 Å². The van der Waals surface area contributed by atoms with E-state index >= 15 is 0 Å². The zero-order valence-electron chi connectivity index (χ0n) is 16.5. The van der Waals surface area contributed by atoms with Gasteiger partial charge in [0.2, 0.25) is 0 Å². The summed E-state index contributed by atoms with van der Waals surface area (Å²) in [4.78, 5) is 11.9. The van der Waals surface area contributed by atoms with Gasteiger partial charge in [-0.1, -0.05) is 25.4 Å². The first-order valence-electron chi connectivity index (χ1n) is 9.93. The lowest BCUT2D eigenvalue weighted by molar-refractivity contribution is -0.139. The molecule has 0 bridgehead atoms. The molecule has 7 heteroatoms. The molecule has 1 aromatic rings. The summed E-state index contributed by atoms with van der Waals surface area (Å²) in [6.07, 6.45) is 10.9. The maximum Gasteiger partial charge on any atom is 0.310 e. The highest BCUT2D eigenvalue weighted by Crippen LogP contribution is 2.42. The molecule has 1 atom stereocenters. The van der Waals surface area contributed by atoms with Gasteiger partial charge in [0, 0.05) is 18.0 Å². The zero-order chi connectivity index (χ0) is 20.5. The molecule has 29 heavy (non-hydrogen) atoms. The summed E-state index contributed by atoms with van der Waals surface area (Å²) in [5, 5.41) is 10.3. The van der Waals surface area contributed by atoms with Crippen LogP contribution in [0, 0.1) is 11.8 Å². The molecule has 1 fully saturated rings. The zero-order valence-corrected chi connectivity index (χ0v) is 18.1. The van der Waals surface area contributed by atoms with Gasteiger partial charge >= 0.3 is 5.97 Å². The number of hydrogen-bond acceptors (Lipinski definition) is 5. The lowest BCUT2D eigenvalue weighted by Gasteiger charge is -2.22. The normalized spacial score (nSPS) is 18.8. The molecule has 0 aromatic heterocycles. The monoisotopic (exact) mass is 432 g/mol. The number of carboxylic acid groups (broad SMARTS) is 1. The number of nitrogens with zero attached hydrogens (tertiary/aromatic N) is 1. The SMILES string of the molecule is CC(C)CC(C(=O)O)c1cc(Cl)c(C2=CC3=CNSN3C=C2)c(OCC2CC2)c1. The minimum absolute atomic E-state index is 0.264. The molecule has 2 N–H and O–H groups in total. The van der Waals surface area contributed by atoms with Crippen LogP contribution < -0.4 is 9.46 Å². The third kappa shape index (κ3) is 4.59. The average Bonchev–Trinajstić information content (AvgIpc) is 3.38. The Labute approximate surface area is 180 Å². The molecule has 4 rings (SSSR count). The highest BCUT2D eigenvalue weighted by atomic mass is 35.5. The van der Waals surface area contributed by atoms with Crippen molar-refractivity contribution >= 4 is 35.3 Å². The number of halogens is 1. The van der Waals surface area contributed by atoms with Crippen molar-refractivity contribution in [2.45, 2.75) is 39.0 Å². The molecule has 0 saturated heterocycles. The Hall–Kier alpha value is -2.05. The van der Waals surface area contributed by atoms with Crippen molar-refractivity contribution in [2.75, 3.05) is 6.61 Å². The van der Waals surface area contributed by atoms with E-state index in [2.05, 4.69) is 10.8 Å². The molecular weight excluding hydrogens is 408 g/mol. The molecule has 0 amide bonds. The first-order valence-corrected chi connectivity index (χ1v) is 11.1. The number of aliphatic carboxylic acids is 1. The Bertz CT molecular complexity index is 906. The van der Waals surface area contributed by atoms with E-state index in [1.807, 2.05) is 42.7 Å². The van der Waals surface area contributed by atoms with Gasteiger partial charge < -0.3 is 14.6 Å². The van der Waals surface area contributed by atoms with E-state index in [-0.39, 0.29) is 5.92 Å². The lowest BCUT2D eigenvalue weighted by atomic mass is 9.88. The molecular formula is C22H25ClN2O3S. The Morgan fingerprint density at radius 1 is 1.41 bits per heavy atom. The first kappa shape index (κ1) is 20.2. The fraction of sp³-hybridized carbons (Fsp3) is 0.409. The summed E-state index contributed by atoms with van der Waals surface area (Å²) in [5.74, 6) is 0.0787. The van der Waals surface area contributed by atoms with E-state index in [1.54, 1.807) is 6.07 Å². The van der Waals surface area contributed by atoms with Gasteiger partial charge in [-0.25, -0.2) is 0 Å². The minimum atomic E-state index is -0.831.